The fraction of sp³-hybridized carbons (Fsp3) is 0.125. The Morgan fingerprint density at radius 3 is 2.53 bits per heavy atom. The van der Waals surface area contributed by atoms with E-state index in [1.165, 1.54) is 11.8 Å². The van der Waals surface area contributed by atoms with Crippen LogP contribution in [0.5, 0.6) is 0 Å². The summed E-state index contributed by atoms with van der Waals surface area (Å²) in [4.78, 5) is 25.5. The van der Waals surface area contributed by atoms with Crippen molar-refractivity contribution in [2.45, 2.75) is 20.4 Å². The number of nitrogens with zero attached hydrogens (tertiary/aromatic N) is 3. The Balaban J connectivity index is 1.53. The molecule has 4 aromatic rings. The molecule has 0 aliphatic carbocycles. The molecule has 1 N–H and O–H groups in total. The van der Waals surface area contributed by atoms with Gasteiger partial charge in [-0.15, -0.1) is 0 Å². The van der Waals surface area contributed by atoms with Crippen molar-refractivity contribution in [2.24, 2.45) is 0 Å². The summed E-state index contributed by atoms with van der Waals surface area (Å²) in [5.74, 6) is -0.375. The van der Waals surface area contributed by atoms with Gasteiger partial charge in [0.05, 0.1) is 24.0 Å². The number of aryl methyl sites for hydroxylation is 2. The summed E-state index contributed by atoms with van der Waals surface area (Å²) < 4.78 is 3.24. The maximum Gasteiger partial charge on any atom is 0.274 e. The molecule has 4 rings (SSSR count). The monoisotopic (exact) mass is 398 g/mol. The summed E-state index contributed by atoms with van der Waals surface area (Å²) in [5.41, 5.74) is 4.50. The van der Waals surface area contributed by atoms with E-state index in [-0.39, 0.29) is 17.2 Å². The van der Waals surface area contributed by atoms with E-state index in [0.717, 1.165) is 16.8 Å². The minimum atomic E-state index is -0.375. The number of carbonyl (C=O) groups excluding carboxylic acids is 1. The predicted octanol–water partition coefficient (Wildman–Crippen LogP) is 3.95. The molecule has 0 unspecified atom stereocenters. The average Bonchev–Trinajstić information content (AvgIpc) is 3.23. The number of benzene rings is 2. The molecule has 2 aromatic heterocycles. The molecule has 0 atom stereocenters. The third-order valence-electron chi connectivity index (χ3n) is 4.95. The van der Waals surface area contributed by atoms with Crippen molar-refractivity contribution in [3.8, 4) is 5.69 Å². The Labute approximate surface area is 174 Å². The fourth-order valence-corrected chi connectivity index (χ4v) is 3.23. The number of para-hydroxylation sites is 1. The number of anilines is 1. The lowest BCUT2D eigenvalue weighted by molar-refractivity contribution is 0.102. The number of carbonyl (C=O) groups is 1. The molecule has 0 radical (unpaired) electrons. The van der Waals surface area contributed by atoms with Crippen molar-refractivity contribution in [3.05, 3.63) is 112 Å². The Bertz CT molecular complexity index is 1250. The number of amides is 1. The first-order valence-electron chi connectivity index (χ1n) is 9.68. The van der Waals surface area contributed by atoms with E-state index in [1.807, 2.05) is 62.4 Å². The van der Waals surface area contributed by atoms with Crippen LogP contribution in [0.3, 0.4) is 0 Å². The van der Waals surface area contributed by atoms with Gasteiger partial charge in [0, 0.05) is 12.4 Å². The van der Waals surface area contributed by atoms with Gasteiger partial charge in [-0.05, 0) is 43.2 Å². The number of aromatic nitrogens is 3. The predicted molar refractivity (Wildman–Crippen MR) is 117 cm³/mol. The third-order valence-corrected chi connectivity index (χ3v) is 4.95. The SMILES string of the molecule is Cc1ccc(Cn2cccc(NC(=O)c3cnn(-c4ccccc4C)c3)c2=O)cc1. The lowest BCUT2D eigenvalue weighted by atomic mass is 10.1. The molecule has 0 bridgehead atoms. The Hall–Kier alpha value is -3.93. The summed E-state index contributed by atoms with van der Waals surface area (Å²) in [7, 11) is 0. The summed E-state index contributed by atoms with van der Waals surface area (Å²) in [5, 5.41) is 7.00. The second-order valence-electron chi connectivity index (χ2n) is 7.25. The van der Waals surface area contributed by atoms with E-state index in [1.54, 1.807) is 33.8 Å². The Kier molecular flexibility index (Phi) is 5.30. The van der Waals surface area contributed by atoms with Crippen LogP contribution in [0.15, 0.2) is 84.0 Å². The van der Waals surface area contributed by atoms with Gasteiger partial charge >= 0.3 is 0 Å². The van der Waals surface area contributed by atoms with Crippen LogP contribution in [0.1, 0.15) is 27.0 Å². The molecule has 30 heavy (non-hydrogen) atoms. The van der Waals surface area contributed by atoms with Crippen LogP contribution in [0.25, 0.3) is 5.69 Å². The molecule has 0 aliphatic heterocycles. The van der Waals surface area contributed by atoms with Gasteiger partial charge in [0.1, 0.15) is 5.69 Å². The lowest BCUT2D eigenvalue weighted by Crippen LogP contribution is -2.25. The molecule has 150 valence electrons. The molecular formula is C24H22N4O2. The van der Waals surface area contributed by atoms with Gasteiger partial charge in [0.15, 0.2) is 0 Å². The number of nitrogens with one attached hydrogen (secondary N) is 1. The quantitative estimate of drug-likeness (QED) is 0.553. The second-order valence-corrected chi connectivity index (χ2v) is 7.25. The highest BCUT2D eigenvalue weighted by Gasteiger charge is 2.13. The minimum Gasteiger partial charge on any atom is -0.317 e. The highest BCUT2D eigenvalue weighted by molar-refractivity contribution is 6.03. The molecule has 1 amide bonds. The van der Waals surface area contributed by atoms with Crippen LogP contribution < -0.4 is 10.9 Å². The summed E-state index contributed by atoms with van der Waals surface area (Å²) in [6.07, 6.45) is 4.87. The standard InChI is InChI=1S/C24H22N4O2/c1-17-9-11-19(12-10-17)15-27-13-5-7-21(24(27)30)26-23(29)20-14-25-28(16-20)22-8-4-3-6-18(22)2/h3-14,16H,15H2,1-2H3,(H,26,29). The minimum absolute atomic E-state index is 0.234. The smallest absolute Gasteiger partial charge is 0.274 e. The van der Waals surface area contributed by atoms with E-state index in [9.17, 15) is 9.59 Å². The van der Waals surface area contributed by atoms with Gasteiger partial charge in [0.2, 0.25) is 0 Å². The van der Waals surface area contributed by atoms with E-state index in [0.29, 0.717) is 12.1 Å². The van der Waals surface area contributed by atoms with Gasteiger partial charge < -0.3 is 9.88 Å². The maximum absolute atomic E-state index is 12.8. The second kappa shape index (κ2) is 8.21. The molecule has 2 aromatic carbocycles. The fourth-order valence-electron chi connectivity index (χ4n) is 3.23. The van der Waals surface area contributed by atoms with E-state index < -0.39 is 0 Å². The van der Waals surface area contributed by atoms with Crippen LogP contribution in [0.4, 0.5) is 5.69 Å². The van der Waals surface area contributed by atoms with Crippen molar-refractivity contribution < 1.29 is 4.79 Å². The van der Waals surface area contributed by atoms with Gasteiger partial charge in [-0.2, -0.15) is 5.10 Å². The van der Waals surface area contributed by atoms with Crippen LogP contribution in [0.2, 0.25) is 0 Å². The number of hydrogen-bond donors (Lipinski definition) is 1. The van der Waals surface area contributed by atoms with E-state index >= 15 is 0 Å². The highest BCUT2D eigenvalue weighted by atomic mass is 16.2. The normalized spacial score (nSPS) is 10.7. The summed E-state index contributed by atoms with van der Waals surface area (Å²) in [6, 6.07) is 19.2. The zero-order valence-electron chi connectivity index (χ0n) is 16.9. The first-order valence-corrected chi connectivity index (χ1v) is 9.68. The van der Waals surface area contributed by atoms with Gasteiger partial charge in [-0.25, -0.2) is 4.68 Å². The summed E-state index contributed by atoms with van der Waals surface area (Å²) in [6.45, 7) is 4.44. The van der Waals surface area contributed by atoms with Gasteiger partial charge in [0.25, 0.3) is 11.5 Å². The first kappa shape index (κ1) is 19.4. The maximum atomic E-state index is 12.8. The third kappa shape index (κ3) is 4.07. The number of hydrogen-bond acceptors (Lipinski definition) is 3. The summed E-state index contributed by atoms with van der Waals surface area (Å²) >= 11 is 0. The Morgan fingerprint density at radius 2 is 1.77 bits per heavy atom. The zero-order chi connectivity index (χ0) is 21.1. The Morgan fingerprint density at radius 1 is 1.00 bits per heavy atom. The molecule has 2 heterocycles. The molecule has 0 fully saturated rings. The van der Waals surface area contributed by atoms with Crippen LogP contribution in [-0.2, 0) is 6.54 Å². The van der Waals surface area contributed by atoms with Gasteiger partial charge in [-0.1, -0.05) is 48.0 Å². The zero-order valence-corrected chi connectivity index (χ0v) is 16.9. The van der Waals surface area contributed by atoms with E-state index in [2.05, 4.69) is 10.4 Å². The van der Waals surface area contributed by atoms with Crippen LogP contribution in [-0.4, -0.2) is 20.3 Å². The van der Waals surface area contributed by atoms with Crippen molar-refractivity contribution in [1.82, 2.24) is 14.3 Å². The molecule has 6 heteroatoms. The molecule has 0 aliphatic rings. The van der Waals surface area contributed by atoms with Crippen molar-refractivity contribution in [2.75, 3.05) is 5.32 Å². The molecule has 0 saturated heterocycles. The van der Waals surface area contributed by atoms with E-state index in [4.69, 9.17) is 0 Å². The first-order chi connectivity index (χ1) is 14.5. The van der Waals surface area contributed by atoms with Gasteiger partial charge in [-0.3, -0.25) is 9.59 Å². The number of rotatable bonds is 5. The van der Waals surface area contributed by atoms with Crippen LogP contribution in [0, 0.1) is 13.8 Å². The van der Waals surface area contributed by atoms with Crippen molar-refractivity contribution in [3.63, 3.8) is 0 Å². The lowest BCUT2D eigenvalue weighted by Gasteiger charge is -2.09. The topological polar surface area (TPSA) is 68.9 Å². The largest absolute Gasteiger partial charge is 0.317 e. The van der Waals surface area contributed by atoms with Crippen LogP contribution >= 0.6 is 0 Å². The van der Waals surface area contributed by atoms with Crippen molar-refractivity contribution in [1.29, 1.82) is 0 Å². The average molecular weight is 398 g/mol. The highest BCUT2D eigenvalue weighted by Crippen LogP contribution is 2.14. The molecule has 0 saturated carbocycles. The molecular weight excluding hydrogens is 376 g/mol. The molecule has 0 spiro atoms. The molecule has 6 nitrogen and oxygen atoms in total. The number of pyridine rings is 1. The van der Waals surface area contributed by atoms with Crippen molar-refractivity contribution >= 4 is 11.6 Å².